The summed E-state index contributed by atoms with van der Waals surface area (Å²) in [5, 5.41) is 3.82. The van der Waals surface area contributed by atoms with Gasteiger partial charge < -0.3 is 15.0 Å². The van der Waals surface area contributed by atoms with Crippen molar-refractivity contribution in [3.8, 4) is 5.75 Å². The van der Waals surface area contributed by atoms with Crippen LogP contribution in [0.3, 0.4) is 0 Å². The summed E-state index contributed by atoms with van der Waals surface area (Å²) in [6.45, 7) is 0.716. The zero-order valence-corrected chi connectivity index (χ0v) is 17.0. The van der Waals surface area contributed by atoms with Gasteiger partial charge in [-0.1, -0.05) is 30.2 Å². The third kappa shape index (κ3) is 4.73. The van der Waals surface area contributed by atoms with Crippen molar-refractivity contribution in [2.75, 3.05) is 18.1 Å². The van der Waals surface area contributed by atoms with E-state index in [1.807, 2.05) is 36.4 Å². The molecule has 2 fully saturated rings. The third-order valence-electron chi connectivity index (χ3n) is 5.76. The first-order valence-electron chi connectivity index (χ1n) is 10.2. The highest BCUT2D eigenvalue weighted by molar-refractivity contribution is 6.30. The van der Waals surface area contributed by atoms with Crippen molar-refractivity contribution in [3.05, 3.63) is 59.1 Å². The molecular formula is C23H25ClN2O3. The van der Waals surface area contributed by atoms with Gasteiger partial charge in [0, 0.05) is 23.7 Å². The number of hydrogen-bond acceptors (Lipinski definition) is 3. The van der Waals surface area contributed by atoms with E-state index in [-0.39, 0.29) is 24.5 Å². The van der Waals surface area contributed by atoms with E-state index in [1.165, 1.54) is 6.42 Å². The smallest absolute Gasteiger partial charge is 0.258 e. The van der Waals surface area contributed by atoms with Crippen LogP contribution in [0.5, 0.6) is 5.75 Å². The maximum atomic E-state index is 12.5. The average molecular weight is 413 g/mol. The molecule has 4 rings (SSSR count). The Morgan fingerprint density at radius 1 is 1.10 bits per heavy atom. The predicted octanol–water partition coefficient (Wildman–Crippen LogP) is 4.50. The van der Waals surface area contributed by atoms with Gasteiger partial charge in [-0.3, -0.25) is 9.59 Å². The van der Waals surface area contributed by atoms with Gasteiger partial charge in [0.05, 0.1) is 6.04 Å². The van der Waals surface area contributed by atoms with Crippen molar-refractivity contribution in [2.45, 2.75) is 38.1 Å². The second kappa shape index (κ2) is 8.87. The molecule has 29 heavy (non-hydrogen) atoms. The van der Waals surface area contributed by atoms with Gasteiger partial charge in [-0.05, 0) is 67.1 Å². The Kier molecular flexibility index (Phi) is 6.05. The maximum absolute atomic E-state index is 12.5. The molecule has 1 aliphatic heterocycles. The van der Waals surface area contributed by atoms with E-state index < -0.39 is 0 Å². The summed E-state index contributed by atoms with van der Waals surface area (Å²) in [7, 11) is 0. The fourth-order valence-electron chi connectivity index (χ4n) is 3.92. The first-order chi connectivity index (χ1) is 14.1. The molecule has 5 nitrogen and oxygen atoms in total. The van der Waals surface area contributed by atoms with Gasteiger partial charge in [-0.15, -0.1) is 0 Å². The maximum Gasteiger partial charge on any atom is 0.258 e. The third-order valence-corrected chi connectivity index (χ3v) is 6.01. The molecule has 2 aliphatic rings. The van der Waals surface area contributed by atoms with E-state index in [1.54, 1.807) is 17.0 Å². The molecule has 1 saturated carbocycles. The van der Waals surface area contributed by atoms with Crippen LogP contribution in [0.4, 0.5) is 5.69 Å². The number of rotatable bonds is 7. The minimum absolute atomic E-state index is 0.0133. The normalized spacial score (nSPS) is 17.7. The van der Waals surface area contributed by atoms with Gasteiger partial charge in [-0.2, -0.15) is 0 Å². The van der Waals surface area contributed by atoms with E-state index >= 15 is 0 Å². The molecule has 1 aliphatic carbocycles. The van der Waals surface area contributed by atoms with E-state index in [4.69, 9.17) is 16.3 Å². The van der Waals surface area contributed by atoms with Gasteiger partial charge in [-0.25, -0.2) is 0 Å². The molecule has 0 bridgehead atoms. The number of ether oxygens (including phenoxy) is 1. The molecule has 1 heterocycles. The minimum Gasteiger partial charge on any atom is -0.484 e. The molecule has 1 N–H and O–H groups in total. The summed E-state index contributed by atoms with van der Waals surface area (Å²) in [6.07, 6.45) is 4.93. The summed E-state index contributed by atoms with van der Waals surface area (Å²) in [4.78, 5) is 26.1. The SMILES string of the molecule is O=C(COc1ccc(N2CCCC2=O)cc1)NC(c1ccc(Cl)cc1)C1CCC1. The fraction of sp³-hybridized carbons (Fsp3) is 0.391. The van der Waals surface area contributed by atoms with Crippen LogP contribution in [0.25, 0.3) is 0 Å². The number of nitrogens with zero attached hydrogens (tertiary/aromatic N) is 1. The van der Waals surface area contributed by atoms with E-state index in [0.717, 1.165) is 37.1 Å². The summed E-state index contributed by atoms with van der Waals surface area (Å²) in [5.74, 6) is 1.08. The Morgan fingerprint density at radius 2 is 1.83 bits per heavy atom. The number of carbonyl (C=O) groups excluding carboxylic acids is 2. The molecule has 0 radical (unpaired) electrons. The highest BCUT2D eigenvalue weighted by atomic mass is 35.5. The number of carbonyl (C=O) groups is 2. The van der Waals surface area contributed by atoms with Gasteiger partial charge in [0.15, 0.2) is 6.61 Å². The van der Waals surface area contributed by atoms with Crippen LogP contribution in [-0.2, 0) is 9.59 Å². The van der Waals surface area contributed by atoms with Crippen LogP contribution in [-0.4, -0.2) is 25.0 Å². The molecular weight excluding hydrogens is 388 g/mol. The lowest BCUT2D eigenvalue weighted by Crippen LogP contribution is -2.38. The van der Waals surface area contributed by atoms with E-state index in [2.05, 4.69) is 5.32 Å². The van der Waals surface area contributed by atoms with Gasteiger partial charge in [0.2, 0.25) is 5.91 Å². The van der Waals surface area contributed by atoms with Crippen molar-refractivity contribution >= 4 is 29.1 Å². The summed E-state index contributed by atoms with van der Waals surface area (Å²) in [6, 6.07) is 15.0. The lowest BCUT2D eigenvalue weighted by molar-refractivity contribution is -0.124. The Hall–Kier alpha value is -2.53. The fourth-order valence-corrected chi connectivity index (χ4v) is 4.05. The highest BCUT2D eigenvalue weighted by Gasteiger charge is 2.29. The standard InChI is InChI=1S/C23H25ClN2O3/c24-18-8-6-17(7-9-18)23(16-3-1-4-16)25-21(27)15-29-20-12-10-19(11-13-20)26-14-2-5-22(26)28/h6-13,16,23H,1-5,14-15H2,(H,25,27). The highest BCUT2D eigenvalue weighted by Crippen LogP contribution is 2.38. The molecule has 1 atom stereocenters. The average Bonchev–Trinajstić information content (AvgIpc) is 3.11. The zero-order chi connectivity index (χ0) is 20.2. The number of nitrogens with one attached hydrogen (secondary N) is 1. The predicted molar refractivity (Wildman–Crippen MR) is 113 cm³/mol. The van der Waals surface area contributed by atoms with E-state index in [9.17, 15) is 9.59 Å². The summed E-state index contributed by atoms with van der Waals surface area (Å²) in [5.41, 5.74) is 1.95. The second-order valence-electron chi connectivity index (χ2n) is 7.72. The van der Waals surface area contributed by atoms with Crippen LogP contribution in [0.1, 0.15) is 43.7 Å². The quantitative estimate of drug-likeness (QED) is 0.728. The molecule has 2 aromatic rings. The largest absolute Gasteiger partial charge is 0.484 e. The van der Waals surface area contributed by atoms with E-state index in [0.29, 0.717) is 23.1 Å². The molecule has 2 aromatic carbocycles. The summed E-state index contributed by atoms with van der Waals surface area (Å²) >= 11 is 6.00. The number of hydrogen-bond donors (Lipinski definition) is 1. The molecule has 2 amide bonds. The Labute approximate surface area is 176 Å². The Balaban J connectivity index is 1.33. The molecule has 0 aromatic heterocycles. The zero-order valence-electron chi connectivity index (χ0n) is 16.3. The molecule has 152 valence electrons. The Morgan fingerprint density at radius 3 is 2.41 bits per heavy atom. The first-order valence-corrected chi connectivity index (χ1v) is 10.6. The molecule has 1 unspecified atom stereocenters. The van der Waals surface area contributed by atoms with Crippen LogP contribution in [0.2, 0.25) is 5.02 Å². The van der Waals surface area contributed by atoms with Crippen molar-refractivity contribution in [2.24, 2.45) is 5.92 Å². The lowest BCUT2D eigenvalue weighted by Gasteiger charge is -2.34. The second-order valence-corrected chi connectivity index (χ2v) is 8.16. The van der Waals surface area contributed by atoms with Crippen molar-refractivity contribution < 1.29 is 14.3 Å². The Bertz CT molecular complexity index is 863. The van der Waals surface area contributed by atoms with Crippen LogP contribution < -0.4 is 15.0 Å². The van der Waals surface area contributed by atoms with Crippen LogP contribution in [0, 0.1) is 5.92 Å². The van der Waals surface area contributed by atoms with Crippen molar-refractivity contribution in [1.82, 2.24) is 5.32 Å². The van der Waals surface area contributed by atoms with Crippen molar-refractivity contribution in [1.29, 1.82) is 0 Å². The van der Waals surface area contributed by atoms with Crippen LogP contribution >= 0.6 is 11.6 Å². The minimum atomic E-state index is -0.143. The van der Waals surface area contributed by atoms with Gasteiger partial charge in [0.1, 0.15) is 5.75 Å². The number of amides is 2. The summed E-state index contributed by atoms with van der Waals surface area (Å²) < 4.78 is 5.66. The van der Waals surface area contributed by atoms with Crippen molar-refractivity contribution in [3.63, 3.8) is 0 Å². The molecule has 1 saturated heterocycles. The van der Waals surface area contributed by atoms with Gasteiger partial charge in [0.25, 0.3) is 5.91 Å². The monoisotopic (exact) mass is 412 g/mol. The molecule has 0 spiro atoms. The topological polar surface area (TPSA) is 58.6 Å². The number of benzene rings is 2. The van der Waals surface area contributed by atoms with Gasteiger partial charge >= 0.3 is 0 Å². The van der Waals surface area contributed by atoms with Crippen LogP contribution in [0.15, 0.2) is 48.5 Å². The number of anilines is 1. The number of halogens is 1. The lowest BCUT2D eigenvalue weighted by atomic mass is 9.77. The first kappa shape index (κ1) is 19.8. The molecule has 6 heteroatoms.